The number of nitrogens with zero attached hydrogens (tertiary/aromatic N) is 3. The van der Waals surface area contributed by atoms with Gasteiger partial charge >= 0.3 is 6.03 Å². The van der Waals surface area contributed by atoms with Gasteiger partial charge in [-0.25, -0.2) is 4.79 Å². The van der Waals surface area contributed by atoms with Crippen LogP contribution in [-0.4, -0.2) is 79.0 Å². The molecule has 3 fully saturated rings. The van der Waals surface area contributed by atoms with E-state index in [-0.39, 0.29) is 30.3 Å². The number of amides is 4. The Hall–Kier alpha value is -2.77. The number of rotatable bonds is 4. The van der Waals surface area contributed by atoms with Crippen molar-refractivity contribution >= 4 is 23.5 Å². The van der Waals surface area contributed by atoms with E-state index >= 15 is 0 Å². The van der Waals surface area contributed by atoms with E-state index in [9.17, 15) is 14.4 Å². The van der Waals surface area contributed by atoms with Gasteiger partial charge in [0.05, 0.1) is 6.42 Å². The molecule has 1 aliphatic carbocycles. The molecule has 2 saturated heterocycles. The third-order valence-electron chi connectivity index (χ3n) is 6.65. The lowest BCUT2D eigenvalue weighted by Crippen LogP contribution is -2.61. The first-order chi connectivity index (χ1) is 15.1. The Morgan fingerprint density at radius 3 is 2.39 bits per heavy atom. The van der Waals surface area contributed by atoms with Gasteiger partial charge in [-0.05, 0) is 25.0 Å². The number of para-hydroxylation sites is 1. The highest BCUT2D eigenvalue weighted by Gasteiger charge is 2.37. The molecule has 4 amide bonds. The number of hydrogen-bond acceptors (Lipinski definition) is 4. The lowest BCUT2D eigenvalue weighted by Gasteiger charge is -2.39. The summed E-state index contributed by atoms with van der Waals surface area (Å²) in [7, 11) is 0. The number of carbonyl (C=O) groups excluding carboxylic acids is 3. The molecule has 3 aliphatic rings. The van der Waals surface area contributed by atoms with Crippen molar-refractivity contribution in [2.24, 2.45) is 0 Å². The van der Waals surface area contributed by atoms with E-state index in [1.165, 1.54) is 6.42 Å². The molecule has 2 heterocycles. The van der Waals surface area contributed by atoms with Crippen LogP contribution in [0.3, 0.4) is 0 Å². The van der Waals surface area contributed by atoms with Gasteiger partial charge in [0.15, 0.2) is 0 Å². The van der Waals surface area contributed by atoms with Crippen molar-refractivity contribution < 1.29 is 14.4 Å². The maximum Gasteiger partial charge on any atom is 0.318 e. The quantitative estimate of drug-likeness (QED) is 0.764. The normalized spacial score (nSPS) is 22.8. The molecule has 4 rings (SSSR count). The molecular formula is C23H33N5O3. The fourth-order valence-corrected chi connectivity index (χ4v) is 4.81. The van der Waals surface area contributed by atoms with Crippen LogP contribution in [0.2, 0.25) is 0 Å². The fraction of sp³-hybridized carbons (Fsp3) is 0.609. The minimum Gasteiger partial charge on any atom is -0.368 e. The zero-order valence-electron chi connectivity index (χ0n) is 18.1. The fourth-order valence-electron chi connectivity index (χ4n) is 4.81. The van der Waals surface area contributed by atoms with E-state index in [0.29, 0.717) is 26.2 Å². The van der Waals surface area contributed by atoms with Gasteiger partial charge < -0.3 is 25.3 Å². The number of piperazine rings is 2. The summed E-state index contributed by atoms with van der Waals surface area (Å²) >= 11 is 0. The van der Waals surface area contributed by atoms with Crippen LogP contribution in [0.25, 0.3) is 0 Å². The Balaban J connectivity index is 1.33. The molecule has 1 aromatic carbocycles. The molecule has 0 unspecified atom stereocenters. The third-order valence-corrected chi connectivity index (χ3v) is 6.65. The Bertz CT molecular complexity index is 773. The smallest absolute Gasteiger partial charge is 0.318 e. The van der Waals surface area contributed by atoms with Crippen LogP contribution >= 0.6 is 0 Å². The third kappa shape index (κ3) is 5.29. The molecule has 2 aliphatic heterocycles. The first-order valence-electron chi connectivity index (χ1n) is 11.5. The number of anilines is 1. The first kappa shape index (κ1) is 21.5. The van der Waals surface area contributed by atoms with Gasteiger partial charge in [0.25, 0.3) is 0 Å². The van der Waals surface area contributed by atoms with E-state index in [1.54, 1.807) is 4.90 Å². The van der Waals surface area contributed by atoms with Crippen molar-refractivity contribution in [3.63, 3.8) is 0 Å². The van der Waals surface area contributed by atoms with Crippen molar-refractivity contribution in [2.45, 2.75) is 50.6 Å². The van der Waals surface area contributed by atoms with E-state index in [1.807, 2.05) is 23.1 Å². The Labute approximate surface area is 183 Å². The molecule has 0 radical (unpaired) electrons. The van der Waals surface area contributed by atoms with Crippen molar-refractivity contribution in [3.05, 3.63) is 30.3 Å². The van der Waals surface area contributed by atoms with Crippen LogP contribution in [-0.2, 0) is 9.59 Å². The molecule has 0 aromatic heterocycles. The number of hydrogen-bond donors (Lipinski definition) is 2. The van der Waals surface area contributed by atoms with Gasteiger partial charge in [-0.15, -0.1) is 0 Å². The van der Waals surface area contributed by atoms with E-state index in [0.717, 1.165) is 44.5 Å². The summed E-state index contributed by atoms with van der Waals surface area (Å²) in [5.41, 5.74) is 1.16. The van der Waals surface area contributed by atoms with E-state index in [2.05, 4.69) is 27.7 Å². The van der Waals surface area contributed by atoms with Crippen LogP contribution in [0.15, 0.2) is 30.3 Å². The van der Waals surface area contributed by atoms with Crippen LogP contribution < -0.4 is 15.5 Å². The molecule has 1 atom stereocenters. The predicted molar refractivity (Wildman–Crippen MR) is 119 cm³/mol. The van der Waals surface area contributed by atoms with Gasteiger partial charge in [0, 0.05) is 51.0 Å². The zero-order chi connectivity index (χ0) is 21.6. The summed E-state index contributed by atoms with van der Waals surface area (Å²) in [4.78, 5) is 44.1. The van der Waals surface area contributed by atoms with Gasteiger partial charge in [-0.3, -0.25) is 9.59 Å². The lowest BCUT2D eigenvalue weighted by atomic mass is 9.95. The summed E-state index contributed by atoms with van der Waals surface area (Å²) < 4.78 is 0. The molecule has 0 spiro atoms. The van der Waals surface area contributed by atoms with Gasteiger partial charge in [0.2, 0.25) is 11.8 Å². The summed E-state index contributed by atoms with van der Waals surface area (Å²) in [6, 6.07) is 9.40. The topological polar surface area (TPSA) is 85.0 Å². The van der Waals surface area contributed by atoms with Crippen LogP contribution in [0, 0.1) is 0 Å². The molecule has 31 heavy (non-hydrogen) atoms. The summed E-state index contributed by atoms with van der Waals surface area (Å²) in [5, 5.41) is 5.91. The monoisotopic (exact) mass is 427 g/mol. The standard InChI is InChI=1S/C23H33N5O3/c29-21(27-15-13-26(14-16-27)19-9-5-2-6-10-19)17-20-22(30)24-11-12-28(20)23(31)25-18-7-3-1-4-8-18/h2,5-6,9-10,18,20H,1,3-4,7-8,11-17H2,(H,24,30)(H,25,31)/t20-/m1/s1. The average Bonchev–Trinajstić information content (AvgIpc) is 2.81. The lowest BCUT2D eigenvalue weighted by molar-refractivity contribution is -0.137. The molecule has 2 N–H and O–H groups in total. The van der Waals surface area contributed by atoms with Crippen LogP contribution in [0.1, 0.15) is 38.5 Å². The molecule has 8 nitrogen and oxygen atoms in total. The number of nitrogens with one attached hydrogen (secondary N) is 2. The molecule has 1 saturated carbocycles. The zero-order valence-corrected chi connectivity index (χ0v) is 18.1. The highest BCUT2D eigenvalue weighted by molar-refractivity contribution is 5.92. The molecule has 8 heteroatoms. The van der Waals surface area contributed by atoms with Crippen molar-refractivity contribution in [1.82, 2.24) is 20.4 Å². The molecule has 0 bridgehead atoms. The largest absolute Gasteiger partial charge is 0.368 e. The molecule has 168 valence electrons. The maximum absolute atomic E-state index is 13.0. The summed E-state index contributed by atoms with van der Waals surface area (Å²) in [5.74, 6) is -0.299. The van der Waals surface area contributed by atoms with E-state index in [4.69, 9.17) is 0 Å². The van der Waals surface area contributed by atoms with E-state index < -0.39 is 6.04 Å². The Kier molecular flexibility index (Phi) is 6.94. The average molecular weight is 428 g/mol. The number of benzene rings is 1. The second-order valence-corrected chi connectivity index (χ2v) is 8.69. The van der Waals surface area contributed by atoms with Gasteiger partial charge in [-0.2, -0.15) is 0 Å². The van der Waals surface area contributed by atoms with Crippen LogP contribution in [0.4, 0.5) is 10.5 Å². The van der Waals surface area contributed by atoms with Crippen molar-refractivity contribution in [1.29, 1.82) is 0 Å². The predicted octanol–water partition coefficient (Wildman–Crippen LogP) is 1.57. The second-order valence-electron chi connectivity index (χ2n) is 8.69. The highest BCUT2D eigenvalue weighted by Crippen LogP contribution is 2.20. The minimum atomic E-state index is -0.739. The van der Waals surface area contributed by atoms with Crippen molar-refractivity contribution in [3.8, 4) is 0 Å². The van der Waals surface area contributed by atoms with Gasteiger partial charge in [0.1, 0.15) is 6.04 Å². The second kappa shape index (κ2) is 10.0. The number of urea groups is 1. The summed E-state index contributed by atoms with van der Waals surface area (Å²) in [6.07, 6.45) is 5.48. The first-order valence-corrected chi connectivity index (χ1v) is 11.5. The van der Waals surface area contributed by atoms with Crippen LogP contribution in [0.5, 0.6) is 0 Å². The Morgan fingerprint density at radius 2 is 1.68 bits per heavy atom. The highest BCUT2D eigenvalue weighted by atomic mass is 16.2. The van der Waals surface area contributed by atoms with Gasteiger partial charge in [-0.1, -0.05) is 37.5 Å². The molecular weight excluding hydrogens is 394 g/mol. The SMILES string of the molecule is O=C1NCCN(C(=O)NC2CCCCC2)[C@@H]1CC(=O)N1CCN(c2ccccc2)CC1. The maximum atomic E-state index is 13.0. The minimum absolute atomic E-state index is 0.0370. The van der Waals surface area contributed by atoms with Crippen molar-refractivity contribution in [2.75, 3.05) is 44.2 Å². The Morgan fingerprint density at radius 1 is 0.968 bits per heavy atom. The summed E-state index contributed by atoms with van der Waals surface area (Å²) in [6.45, 7) is 3.63. The number of carbonyl (C=O) groups is 3. The molecule has 1 aromatic rings.